The van der Waals surface area contributed by atoms with Crippen LogP contribution in [-0.4, -0.2) is 20.6 Å². The van der Waals surface area contributed by atoms with Crippen molar-refractivity contribution in [3.63, 3.8) is 0 Å². The average molecular weight is 379 g/mol. The molecule has 0 spiro atoms. The van der Waals surface area contributed by atoms with Gasteiger partial charge >= 0.3 is 0 Å². The predicted octanol–water partition coefficient (Wildman–Crippen LogP) is 3.92. The zero-order valence-electron chi connectivity index (χ0n) is 15.2. The van der Waals surface area contributed by atoms with Gasteiger partial charge in [0.1, 0.15) is 0 Å². The van der Waals surface area contributed by atoms with Gasteiger partial charge in [-0.3, -0.25) is 4.79 Å². The Balaban J connectivity index is 2.01. The molecule has 0 aliphatic rings. The minimum atomic E-state index is -3.51. The van der Waals surface area contributed by atoms with Crippen LogP contribution in [0.15, 0.2) is 83.8 Å². The highest BCUT2D eigenvalue weighted by atomic mass is 32.2. The summed E-state index contributed by atoms with van der Waals surface area (Å²) in [7, 11) is -3.51. The largest absolute Gasteiger partial charge is 0.341 e. The summed E-state index contributed by atoms with van der Waals surface area (Å²) in [6.07, 6.45) is 1.10. The number of carbonyl (C=O) groups is 1. The van der Waals surface area contributed by atoms with Crippen LogP contribution in [0, 0.1) is 6.92 Å². The minimum absolute atomic E-state index is 0.0261. The Kier molecular flexibility index (Phi) is 5.42. The first kappa shape index (κ1) is 18.9. The molecule has 1 amide bonds. The maximum absolute atomic E-state index is 13.0. The molecule has 1 atom stereocenters. The molecule has 0 aliphatic heterocycles. The van der Waals surface area contributed by atoms with Crippen molar-refractivity contribution < 1.29 is 13.2 Å². The van der Waals surface area contributed by atoms with Crippen LogP contribution in [0.2, 0.25) is 0 Å². The third kappa shape index (κ3) is 4.44. The van der Waals surface area contributed by atoms with Crippen LogP contribution in [0.5, 0.6) is 0 Å². The van der Waals surface area contributed by atoms with E-state index in [4.69, 9.17) is 0 Å². The average Bonchev–Trinajstić information content (AvgIpc) is 2.67. The molecule has 138 valence electrons. The molecule has 0 aromatic heterocycles. The first-order valence-corrected chi connectivity index (χ1v) is 10.5. The van der Waals surface area contributed by atoms with Gasteiger partial charge in [0.2, 0.25) is 0 Å². The Morgan fingerprint density at radius 1 is 0.815 bits per heavy atom. The number of aryl methyl sites for hydroxylation is 1. The maximum atomic E-state index is 13.0. The van der Waals surface area contributed by atoms with E-state index in [2.05, 4.69) is 5.32 Å². The number of hydrogen-bond acceptors (Lipinski definition) is 3. The van der Waals surface area contributed by atoms with E-state index >= 15 is 0 Å². The molecule has 3 aromatic carbocycles. The first-order chi connectivity index (χ1) is 12.9. The number of hydrogen-bond donors (Lipinski definition) is 1. The van der Waals surface area contributed by atoms with Gasteiger partial charge < -0.3 is 5.32 Å². The number of rotatable bonds is 5. The molecular weight excluding hydrogens is 358 g/mol. The molecule has 0 fully saturated rings. The van der Waals surface area contributed by atoms with Crippen LogP contribution in [-0.2, 0) is 9.84 Å². The molecule has 3 aromatic rings. The lowest BCUT2D eigenvalue weighted by molar-refractivity contribution is 0.0939. The molecule has 0 saturated heterocycles. The van der Waals surface area contributed by atoms with Crippen LogP contribution in [0.4, 0.5) is 0 Å². The summed E-state index contributed by atoms with van der Waals surface area (Å²) < 4.78 is 24.1. The Bertz CT molecular complexity index is 1040. The summed E-state index contributed by atoms with van der Waals surface area (Å²) in [5.41, 5.74) is 3.12. The summed E-state index contributed by atoms with van der Waals surface area (Å²) >= 11 is 0. The molecule has 27 heavy (non-hydrogen) atoms. The van der Waals surface area contributed by atoms with Gasteiger partial charge in [0.05, 0.1) is 16.5 Å². The van der Waals surface area contributed by atoms with Crippen molar-refractivity contribution in [3.8, 4) is 0 Å². The van der Waals surface area contributed by atoms with Gasteiger partial charge in [-0.05, 0) is 30.2 Å². The third-order valence-electron chi connectivity index (χ3n) is 4.35. The summed E-state index contributed by atoms with van der Waals surface area (Å²) in [4.78, 5) is 13.0. The molecule has 0 unspecified atom stereocenters. The van der Waals surface area contributed by atoms with Crippen LogP contribution >= 0.6 is 0 Å². The van der Waals surface area contributed by atoms with E-state index < -0.39 is 15.7 Å². The second-order valence-corrected chi connectivity index (χ2v) is 8.48. The van der Waals surface area contributed by atoms with E-state index in [1.807, 2.05) is 61.5 Å². The summed E-state index contributed by atoms with van der Waals surface area (Å²) in [6, 6.07) is 23.4. The number of nitrogens with one attached hydrogen (secondary N) is 1. The van der Waals surface area contributed by atoms with Gasteiger partial charge in [0.25, 0.3) is 5.91 Å². The Hall–Kier alpha value is -2.92. The zero-order chi connectivity index (χ0) is 19.4. The molecule has 3 rings (SSSR count). The van der Waals surface area contributed by atoms with Gasteiger partial charge in [-0.2, -0.15) is 0 Å². The van der Waals surface area contributed by atoms with Crippen molar-refractivity contribution >= 4 is 15.7 Å². The molecule has 4 nitrogen and oxygen atoms in total. The van der Waals surface area contributed by atoms with Crippen LogP contribution in [0.1, 0.15) is 33.1 Å². The van der Waals surface area contributed by atoms with Crippen molar-refractivity contribution in [1.29, 1.82) is 0 Å². The van der Waals surface area contributed by atoms with Crippen molar-refractivity contribution in [3.05, 3.63) is 101 Å². The normalized spacial score (nSPS) is 12.4. The number of amides is 1. The SMILES string of the molecule is Cc1ccc([C@@H](NC(=O)c2ccccc2S(C)(=O)=O)c2ccccc2)cc1. The van der Waals surface area contributed by atoms with Gasteiger partial charge in [-0.15, -0.1) is 0 Å². The van der Waals surface area contributed by atoms with Gasteiger partial charge in [0.15, 0.2) is 9.84 Å². The number of benzene rings is 3. The minimum Gasteiger partial charge on any atom is -0.341 e. The molecule has 0 aliphatic carbocycles. The lowest BCUT2D eigenvalue weighted by atomic mass is 9.97. The maximum Gasteiger partial charge on any atom is 0.253 e. The highest BCUT2D eigenvalue weighted by molar-refractivity contribution is 7.90. The van der Waals surface area contributed by atoms with Crippen LogP contribution in [0.3, 0.4) is 0 Å². The highest BCUT2D eigenvalue weighted by Crippen LogP contribution is 2.24. The molecule has 0 heterocycles. The second kappa shape index (κ2) is 7.76. The molecule has 0 bridgehead atoms. The van der Waals surface area contributed by atoms with Crippen molar-refractivity contribution in [2.45, 2.75) is 17.9 Å². The number of carbonyl (C=O) groups excluding carboxylic acids is 1. The third-order valence-corrected chi connectivity index (χ3v) is 5.51. The molecule has 5 heteroatoms. The van der Waals surface area contributed by atoms with E-state index in [1.54, 1.807) is 12.1 Å². The van der Waals surface area contributed by atoms with E-state index in [-0.39, 0.29) is 16.5 Å². The van der Waals surface area contributed by atoms with Crippen LogP contribution < -0.4 is 5.32 Å². The van der Waals surface area contributed by atoms with E-state index in [0.29, 0.717) is 0 Å². The Morgan fingerprint density at radius 3 is 2.00 bits per heavy atom. The fraction of sp³-hybridized carbons (Fsp3) is 0.136. The standard InChI is InChI=1S/C22H21NO3S/c1-16-12-14-18(15-13-16)21(17-8-4-3-5-9-17)23-22(24)19-10-6-7-11-20(19)27(2,25)26/h3-15,21H,1-2H3,(H,23,24)/t21-/m0/s1. The topological polar surface area (TPSA) is 63.2 Å². The van der Waals surface area contributed by atoms with Crippen molar-refractivity contribution in [1.82, 2.24) is 5.32 Å². The van der Waals surface area contributed by atoms with E-state index in [1.165, 1.54) is 12.1 Å². The fourth-order valence-electron chi connectivity index (χ4n) is 2.95. The van der Waals surface area contributed by atoms with Crippen molar-refractivity contribution in [2.75, 3.05) is 6.26 Å². The fourth-order valence-corrected chi connectivity index (χ4v) is 3.84. The van der Waals surface area contributed by atoms with Crippen molar-refractivity contribution in [2.24, 2.45) is 0 Å². The Labute approximate surface area is 159 Å². The predicted molar refractivity (Wildman–Crippen MR) is 106 cm³/mol. The van der Waals surface area contributed by atoms with Gasteiger partial charge in [0, 0.05) is 6.26 Å². The van der Waals surface area contributed by atoms with E-state index in [0.717, 1.165) is 22.9 Å². The highest BCUT2D eigenvalue weighted by Gasteiger charge is 2.22. The van der Waals surface area contributed by atoms with Gasteiger partial charge in [-0.1, -0.05) is 72.3 Å². The zero-order valence-corrected chi connectivity index (χ0v) is 16.0. The quantitative estimate of drug-likeness (QED) is 0.731. The first-order valence-electron chi connectivity index (χ1n) is 8.58. The smallest absolute Gasteiger partial charge is 0.253 e. The molecule has 0 saturated carbocycles. The lowest BCUT2D eigenvalue weighted by Crippen LogP contribution is -2.30. The molecule has 1 N–H and O–H groups in total. The molecular formula is C22H21NO3S. The monoisotopic (exact) mass is 379 g/mol. The summed E-state index contributed by atoms with van der Waals surface area (Å²) in [6.45, 7) is 2.00. The van der Waals surface area contributed by atoms with E-state index in [9.17, 15) is 13.2 Å². The summed E-state index contributed by atoms with van der Waals surface area (Å²) in [5.74, 6) is -0.426. The second-order valence-electron chi connectivity index (χ2n) is 6.50. The van der Waals surface area contributed by atoms with Gasteiger partial charge in [-0.25, -0.2) is 8.42 Å². The number of sulfone groups is 1. The van der Waals surface area contributed by atoms with Crippen LogP contribution in [0.25, 0.3) is 0 Å². The Morgan fingerprint density at radius 2 is 1.37 bits per heavy atom. The molecule has 0 radical (unpaired) electrons. The summed E-state index contributed by atoms with van der Waals surface area (Å²) in [5, 5.41) is 2.99. The lowest BCUT2D eigenvalue weighted by Gasteiger charge is -2.21.